The molecule has 30 heavy (non-hydrogen) atoms. The van der Waals surface area contributed by atoms with Crippen LogP contribution in [0.5, 0.6) is 0 Å². The van der Waals surface area contributed by atoms with E-state index in [1.54, 1.807) is 24.3 Å². The highest BCUT2D eigenvalue weighted by molar-refractivity contribution is 6.22. The first-order chi connectivity index (χ1) is 14.3. The zero-order chi connectivity index (χ0) is 21.6. The molecular formula is C23H28N2O5. The highest BCUT2D eigenvalue weighted by Crippen LogP contribution is 2.49. The number of nitrogens with zero attached hydrogens (tertiary/aromatic N) is 1. The Kier molecular flexibility index (Phi) is 5.38. The topological polar surface area (TPSA) is 92.8 Å². The van der Waals surface area contributed by atoms with Gasteiger partial charge in [-0.15, -0.1) is 0 Å². The van der Waals surface area contributed by atoms with Gasteiger partial charge in [-0.25, -0.2) is 4.79 Å². The van der Waals surface area contributed by atoms with E-state index in [0.29, 0.717) is 11.8 Å². The molecule has 1 N–H and O–H groups in total. The number of benzene rings is 1. The number of hydrogen-bond donors (Lipinski definition) is 1. The lowest BCUT2D eigenvalue weighted by Crippen LogP contribution is -2.48. The van der Waals surface area contributed by atoms with Crippen molar-refractivity contribution in [1.29, 1.82) is 0 Å². The maximum absolute atomic E-state index is 12.6. The molecule has 2 fully saturated rings. The average molecular weight is 412 g/mol. The number of esters is 1. The van der Waals surface area contributed by atoms with E-state index < -0.39 is 29.9 Å². The largest absolute Gasteiger partial charge is 0.451 e. The van der Waals surface area contributed by atoms with Crippen LogP contribution in [0.4, 0.5) is 0 Å². The Balaban J connectivity index is 1.33. The minimum absolute atomic E-state index is 0.0302. The highest BCUT2D eigenvalue weighted by atomic mass is 16.5. The minimum Gasteiger partial charge on any atom is -0.451 e. The smallest absolute Gasteiger partial charge is 0.329 e. The Bertz CT molecular complexity index is 862. The summed E-state index contributed by atoms with van der Waals surface area (Å²) in [5, 5.41) is 2.99. The second-order valence-electron chi connectivity index (χ2n) is 8.92. The van der Waals surface area contributed by atoms with Gasteiger partial charge in [-0.1, -0.05) is 18.6 Å². The molecule has 2 aliphatic carbocycles. The molecule has 3 aliphatic rings. The lowest BCUT2D eigenvalue weighted by atomic mass is 9.84. The molecular weight excluding hydrogens is 384 g/mol. The van der Waals surface area contributed by atoms with Gasteiger partial charge in [0.05, 0.1) is 11.1 Å². The summed E-state index contributed by atoms with van der Waals surface area (Å²) in [6, 6.07) is 5.36. The molecule has 2 bridgehead atoms. The van der Waals surface area contributed by atoms with Gasteiger partial charge in [-0.3, -0.25) is 19.3 Å². The molecule has 2 saturated carbocycles. The zero-order valence-corrected chi connectivity index (χ0v) is 17.6. The lowest BCUT2D eigenvalue weighted by Gasteiger charge is -2.29. The van der Waals surface area contributed by atoms with Crippen LogP contribution in [0.3, 0.4) is 0 Å². The van der Waals surface area contributed by atoms with Crippen LogP contribution in [0.2, 0.25) is 0 Å². The van der Waals surface area contributed by atoms with E-state index in [0.717, 1.165) is 17.2 Å². The molecule has 160 valence electrons. The summed E-state index contributed by atoms with van der Waals surface area (Å²) in [6.45, 7) is 4.96. The molecule has 0 aromatic heterocycles. The van der Waals surface area contributed by atoms with E-state index in [4.69, 9.17) is 4.74 Å². The Labute approximate surface area is 176 Å². The van der Waals surface area contributed by atoms with Crippen LogP contribution in [0, 0.1) is 17.8 Å². The number of carbonyl (C=O) groups excluding carboxylic acids is 4. The fourth-order valence-corrected chi connectivity index (χ4v) is 5.35. The van der Waals surface area contributed by atoms with Crippen LogP contribution in [0.25, 0.3) is 0 Å². The second-order valence-corrected chi connectivity index (χ2v) is 8.92. The van der Waals surface area contributed by atoms with Gasteiger partial charge >= 0.3 is 5.97 Å². The normalized spacial score (nSPS) is 27.6. The number of carbonyl (C=O) groups is 4. The predicted molar refractivity (Wildman–Crippen MR) is 109 cm³/mol. The van der Waals surface area contributed by atoms with E-state index in [-0.39, 0.29) is 23.1 Å². The maximum atomic E-state index is 12.6. The quantitative estimate of drug-likeness (QED) is 0.573. The summed E-state index contributed by atoms with van der Waals surface area (Å²) in [6.07, 6.45) is 3.93. The SMILES string of the molecule is C[C@H](C(=O)O[C@H](C)C(=O)N[C@H](C)[C@@H]1C[C@@H]2CC[C@@H]1C2)N1C(=O)c2ccccc2C1=O. The molecule has 0 saturated heterocycles. The molecule has 0 unspecified atom stereocenters. The number of amides is 3. The van der Waals surface area contributed by atoms with Crippen molar-refractivity contribution in [1.82, 2.24) is 10.2 Å². The van der Waals surface area contributed by atoms with Gasteiger partial charge in [0.25, 0.3) is 17.7 Å². The number of imide groups is 1. The third-order valence-electron chi connectivity index (χ3n) is 7.02. The molecule has 4 rings (SSSR count). The minimum atomic E-state index is -1.12. The standard InChI is InChI=1S/C23H28N2O5/c1-12(19-11-15-8-9-16(19)10-15)24-20(26)14(3)30-23(29)13(2)25-21(27)17-6-4-5-7-18(17)22(25)28/h4-7,12-16,19H,8-11H2,1-3H3,(H,24,26)/t12-,13-,14-,15-,16-,19+/m1/s1. The van der Waals surface area contributed by atoms with Crippen LogP contribution < -0.4 is 5.32 Å². The van der Waals surface area contributed by atoms with Crippen molar-refractivity contribution in [3.05, 3.63) is 35.4 Å². The molecule has 0 spiro atoms. The van der Waals surface area contributed by atoms with Gasteiger partial charge in [0.2, 0.25) is 0 Å². The van der Waals surface area contributed by atoms with Gasteiger partial charge in [0, 0.05) is 6.04 Å². The van der Waals surface area contributed by atoms with Gasteiger partial charge < -0.3 is 10.1 Å². The van der Waals surface area contributed by atoms with Crippen molar-refractivity contribution < 1.29 is 23.9 Å². The molecule has 7 heteroatoms. The van der Waals surface area contributed by atoms with Crippen molar-refractivity contribution in [3.8, 4) is 0 Å². The van der Waals surface area contributed by atoms with Crippen molar-refractivity contribution in [3.63, 3.8) is 0 Å². The zero-order valence-electron chi connectivity index (χ0n) is 17.6. The Morgan fingerprint density at radius 1 is 1.03 bits per heavy atom. The van der Waals surface area contributed by atoms with Crippen LogP contribution in [0.15, 0.2) is 24.3 Å². The summed E-state index contributed by atoms with van der Waals surface area (Å²) in [4.78, 5) is 51.1. The third kappa shape index (κ3) is 3.50. The van der Waals surface area contributed by atoms with E-state index in [2.05, 4.69) is 5.32 Å². The Morgan fingerprint density at radius 2 is 1.67 bits per heavy atom. The number of ether oxygens (including phenoxy) is 1. The van der Waals surface area contributed by atoms with Gasteiger partial charge in [0.1, 0.15) is 6.04 Å². The van der Waals surface area contributed by atoms with Crippen LogP contribution in [0.1, 0.15) is 67.2 Å². The number of hydrogen-bond acceptors (Lipinski definition) is 5. The summed E-state index contributed by atoms with van der Waals surface area (Å²) in [5.41, 5.74) is 0.542. The summed E-state index contributed by atoms with van der Waals surface area (Å²) in [7, 11) is 0. The second kappa shape index (κ2) is 7.85. The Hall–Kier alpha value is -2.70. The average Bonchev–Trinajstić information content (AvgIpc) is 3.42. The van der Waals surface area contributed by atoms with Crippen LogP contribution in [-0.4, -0.2) is 46.8 Å². The van der Waals surface area contributed by atoms with Crippen molar-refractivity contribution in [2.24, 2.45) is 17.8 Å². The Morgan fingerprint density at radius 3 is 2.20 bits per heavy atom. The molecule has 1 aromatic carbocycles. The molecule has 3 amide bonds. The van der Waals surface area contributed by atoms with Crippen molar-refractivity contribution >= 4 is 23.7 Å². The van der Waals surface area contributed by atoms with E-state index >= 15 is 0 Å². The number of nitrogens with one attached hydrogen (secondary N) is 1. The number of fused-ring (bicyclic) bond motifs is 3. The molecule has 0 radical (unpaired) electrons. The summed E-state index contributed by atoms with van der Waals surface area (Å²) >= 11 is 0. The van der Waals surface area contributed by atoms with Gasteiger partial charge in [-0.05, 0) is 69.9 Å². The van der Waals surface area contributed by atoms with Crippen LogP contribution in [-0.2, 0) is 14.3 Å². The van der Waals surface area contributed by atoms with E-state index in [1.165, 1.54) is 33.1 Å². The fourth-order valence-electron chi connectivity index (χ4n) is 5.35. The molecule has 1 aromatic rings. The fraction of sp³-hybridized carbons (Fsp3) is 0.565. The summed E-state index contributed by atoms with van der Waals surface area (Å²) < 4.78 is 5.31. The van der Waals surface area contributed by atoms with Crippen LogP contribution >= 0.6 is 0 Å². The maximum Gasteiger partial charge on any atom is 0.329 e. The van der Waals surface area contributed by atoms with E-state index in [9.17, 15) is 19.2 Å². The van der Waals surface area contributed by atoms with Crippen molar-refractivity contribution in [2.75, 3.05) is 0 Å². The monoisotopic (exact) mass is 412 g/mol. The molecule has 1 aliphatic heterocycles. The first-order valence-corrected chi connectivity index (χ1v) is 10.8. The lowest BCUT2D eigenvalue weighted by molar-refractivity contribution is -0.158. The highest BCUT2D eigenvalue weighted by Gasteiger charge is 2.43. The third-order valence-corrected chi connectivity index (χ3v) is 7.02. The molecule has 7 nitrogen and oxygen atoms in total. The number of rotatable bonds is 6. The first-order valence-electron chi connectivity index (χ1n) is 10.8. The predicted octanol–water partition coefficient (Wildman–Crippen LogP) is 2.54. The first kappa shape index (κ1) is 20.6. The van der Waals surface area contributed by atoms with E-state index in [1.807, 2.05) is 6.92 Å². The molecule has 1 heterocycles. The van der Waals surface area contributed by atoms with Gasteiger partial charge in [0.15, 0.2) is 6.10 Å². The molecule has 6 atom stereocenters. The van der Waals surface area contributed by atoms with Gasteiger partial charge in [-0.2, -0.15) is 0 Å². The van der Waals surface area contributed by atoms with Crippen molar-refractivity contribution in [2.45, 2.75) is 64.6 Å². The summed E-state index contributed by atoms with van der Waals surface area (Å²) in [5.74, 6) is -0.239.